The number of fused-ring (bicyclic) bond motifs is 1. The van der Waals surface area contributed by atoms with Gasteiger partial charge >= 0.3 is 0 Å². The summed E-state index contributed by atoms with van der Waals surface area (Å²) in [5.41, 5.74) is 1.87. The molecule has 154 valence electrons. The number of hydrogen-bond donors (Lipinski definition) is 2. The van der Waals surface area contributed by atoms with Crippen molar-refractivity contribution < 1.29 is 4.39 Å². The first-order valence-electron chi connectivity index (χ1n) is 9.77. The van der Waals surface area contributed by atoms with Crippen LogP contribution in [0.5, 0.6) is 0 Å². The van der Waals surface area contributed by atoms with Crippen molar-refractivity contribution in [3.8, 4) is 0 Å². The fraction of sp³-hybridized carbons (Fsp3) is 0.381. The number of pyridine rings is 1. The Hall–Kier alpha value is -2.23. The number of hydrogen-bond acceptors (Lipinski definition) is 3. The summed E-state index contributed by atoms with van der Waals surface area (Å²) in [6, 6.07) is 12.8. The second kappa shape index (κ2) is 9.51. The monoisotopic (exact) mass is 508 g/mol. The molecule has 0 amide bonds. The fourth-order valence-electron chi connectivity index (χ4n) is 3.43. The molecule has 4 rings (SSSR count). The van der Waals surface area contributed by atoms with Gasteiger partial charge in [-0.3, -0.25) is 9.39 Å². The SMILES string of the molecule is CCNC(=NCC1(c2cccc(F)c2)CC1)NCCc1nnc2ccccn12.I. The van der Waals surface area contributed by atoms with Crippen LogP contribution in [0.3, 0.4) is 0 Å². The molecule has 0 spiro atoms. The lowest BCUT2D eigenvalue weighted by Gasteiger charge is -2.16. The second-order valence-electron chi connectivity index (χ2n) is 7.21. The zero-order valence-electron chi connectivity index (χ0n) is 16.4. The molecule has 1 aromatic carbocycles. The lowest BCUT2D eigenvalue weighted by Crippen LogP contribution is -2.39. The van der Waals surface area contributed by atoms with Crippen LogP contribution in [-0.4, -0.2) is 40.2 Å². The van der Waals surface area contributed by atoms with E-state index in [4.69, 9.17) is 4.99 Å². The number of aromatic nitrogens is 3. The normalized spacial score (nSPS) is 15.0. The number of halogens is 2. The average molecular weight is 508 g/mol. The molecule has 1 saturated carbocycles. The third-order valence-electron chi connectivity index (χ3n) is 5.20. The molecule has 0 unspecified atom stereocenters. The van der Waals surface area contributed by atoms with Crippen LogP contribution in [0.4, 0.5) is 4.39 Å². The van der Waals surface area contributed by atoms with Crippen LogP contribution in [0, 0.1) is 5.82 Å². The molecule has 3 aromatic rings. The first-order chi connectivity index (χ1) is 13.7. The standard InChI is InChI=1S/C21H25FN6.HI/c1-2-23-20(24-12-9-19-27-26-18-8-3-4-13-28(18)19)25-15-21(10-11-21)16-6-5-7-17(22)14-16;/h3-8,13-14H,2,9-12,15H2,1H3,(H2,23,24,25);1H. The van der Waals surface area contributed by atoms with E-state index in [0.29, 0.717) is 13.1 Å². The average Bonchev–Trinajstić information content (AvgIpc) is 3.40. The summed E-state index contributed by atoms with van der Waals surface area (Å²) >= 11 is 0. The summed E-state index contributed by atoms with van der Waals surface area (Å²) < 4.78 is 15.6. The van der Waals surface area contributed by atoms with Crippen molar-refractivity contribution >= 4 is 35.6 Å². The van der Waals surface area contributed by atoms with Gasteiger partial charge in [0, 0.05) is 31.1 Å². The number of aliphatic imine (C=N–C) groups is 1. The van der Waals surface area contributed by atoms with Gasteiger partial charge in [-0.2, -0.15) is 0 Å². The Bertz CT molecular complexity index is 982. The largest absolute Gasteiger partial charge is 0.357 e. The van der Waals surface area contributed by atoms with Crippen molar-refractivity contribution in [2.24, 2.45) is 4.99 Å². The summed E-state index contributed by atoms with van der Waals surface area (Å²) in [5.74, 6) is 1.51. The maximum Gasteiger partial charge on any atom is 0.191 e. The molecular weight excluding hydrogens is 482 g/mol. The summed E-state index contributed by atoms with van der Waals surface area (Å²) in [5, 5.41) is 15.1. The van der Waals surface area contributed by atoms with Crippen LogP contribution in [0.25, 0.3) is 5.65 Å². The van der Waals surface area contributed by atoms with E-state index in [-0.39, 0.29) is 35.2 Å². The molecule has 6 nitrogen and oxygen atoms in total. The highest BCUT2D eigenvalue weighted by Crippen LogP contribution is 2.48. The second-order valence-corrected chi connectivity index (χ2v) is 7.21. The predicted octanol–water partition coefficient (Wildman–Crippen LogP) is 3.32. The molecule has 8 heteroatoms. The van der Waals surface area contributed by atoms with Gasteiger partial charge in [0.25, 0.3) is 0 Å². The number of guanidine groups is 1. The van der Waals surface area contributed by atoms with Crippen LogP contribution in [0.15, 0.2) is 53.7 Å². The van der Waals surface area contributed by atoms with Gasteiger partial charge in [-0.15, -0.1) is 34.2 Å². The molecule has 0 bridgehead atoms. The van der Waals surface area contributed by atoms with E-state index in [0.717, 1.165) is 48.8 Å². The Morgan fingerprint density at radius 2 is 2.03 bits per heavy atom. The van der Waals surface area contributed by atoms with Gasteiger partial charge in [0.15, 0.2) is 11.6 Å². The highest BCUT2D eigenvalue weighted by molar-refractivity contribution is 14.0. The number of rotatable bonds is 7. The molecule has 0 atom stereocenters. The van der Waals surface area contributed by atoms with E-state index >= 15 is 0 Å². The van der Waals surface area contributed by atoms with Gasteiger partial charge in [-0.05, 0) is 49.6 Å². The maximum absolute atomic E-state index is 13.6. The summed E-state index contributed by atoms with van der Waals surface area (Å²) in [7, 11) is 0. The lowest BCUT2D eigenvalue weighted by atomic mass is 9.96. The third kappa shape index (κ3) is 5.04. The molecule has 1 aliphatic rings. The van der Waals surface area contributed by atoms with E-state index in [1.54, 1.807) is 12.1 Å². The zero-order valence-corrected chi connectivity index (χ0v) is 18.8. The van der Waals surface area contributed by atoms with Crippen molar-refractivity contribution in [1.82, 2.24) is 25.2 Å². The van der Waals surface area contributed by atoms with Crippen LogP contribution in [0.2, 0.25) is 0 Å². The van der Waals surface area contributed by atoms with E-state index in [1.165, 1.54) is 6.07 Å². The van der Waals surface area contributed by atoms with Gasteiger partial charge in [0.05, 0.1) is 6.54 Å². The maximum atomic E-state index is 13.6. The first kappa shape index (κ1) is 21.5. The smallest absolute Gasteiger partial charge is 0.191 e. The van der Waals surface area contributed by atoms with Gasteiger partial charge in [0.1, 0.15) is 11.6 Å². The molecule has 0 saturated heterocycles. The van der Waals surface area contributed by atoms with E-state index < -0.39 is 0 Å². The van der Waals surface area contributed by atoms with Crippen LogP contribution in [-0.2, 0) is 11.8 Å². The Morgan fingerprint density at radius 1 is 1.17 bits per heavy atom. The highest BCUT2D eigenvalue weighted by Gasteiger charge is 2.44. The fourth-order valence-corrected chi connectivity index (χ4v) is 3.43. The summed E-state index contributed by atoms with van der Waals surface area (Å²) in [4.78, 5) is 4.76. The topological polar surface area (TPSA) is 66.6 Å². The van der Waals surface area contributed by atoms with E-state index in [1.807, 2.05) is 41.8 Å². The molecule has 0 aliphatic heterocycles. The zero-order chi connectivity index (χ0) is 19.4. The van der Waals surface area contributed by atoms with Crippen molar-refractivity contribution in [3.63, 3.8) is 0 Å². The Balaban J connectivity index is 0.00000240. The van der Waals surface area contributed by atoms with Crippen LogP contribution in [0.1, 0.15) is 31.2 Å². The third-order valence-corrected chi connectivity index (χ3v) is 5.20. The van der Waals surface area contributed by atoms with Gasteiger partial charge in [-0.1, -0.05) is 18.2 Å². The molecular formula is C21H26FIN6. The first-order valence-corrected chi connectivity index (χ1v) is 9.77. The minimum absolute atomic E-state index is 0. The predicted molar refractivity (Wildman–Crippen MR) is 123 cm³/mol. The Labute approximate surface area is 187 Å². The van der Waals surface area contributed by atoms with Crippen LogP contribution < -0.4 is 10.6 Å². The Morgan fingerprint density at radius 3 is 2.79 bits per heavy atom. The number of benzene rings is 1. The van der Waals surface area contributed by atoms with Crippen molar-refractivity contribution in [2.75, 3.05) is 19.6 Å². The molecule has 0 radical (unpaired) electrons. The minimum atomic E-state index is -0.182. The molecule has 29 heavy (non-hydrogen) atoms. The molecule has 2 N–H and O–H groups in total. The van der Waals surface area contributed by atoms with Crippen molar-refractivity contribution in [2.45, 2.75) is 31.6 Å². The lowest BCUT2D eigenvalue weighted by molar-refractivity contribution is 0.615. The van der Waals surface area contributed by atoms with Gasteiger partial charge < -0.3 is 10.6 Å². The molecule has 2 heterocycles. The number of nitrogens with zero attached hydrogens (tertiary/aromatic N) is 4. The molecule has 1 aliphatic carbocycles. The van der Waals surface area contributed by atoms with Crippen LogP contribution >= 0.6 is 24.0 Å². The van der Waals surface area contributed by atoms with Gasteiger partial charge in [-0.25, -0.2) is 4.39 Å². The van der Waals surface area contributed by atoms with Crippen molar-refractivity contribution in [3.05, 3.63) is 65.9 Å². The Kier molecular flexibility index (Phi) is 7.05. The quantitative estimate of drug-likeness (QED) is 0.292. The number of nitrogens with one attached hydrogen (secondary N) is 2. The van der Waals surface area contributed by atoms with E-state index in [9.17, 15) is 4.39 Å². The summed E-state index contributed by atoms with van der Waals surface area (Å²) in [6.07, 6.45) is 4.81. The van der Waals surface area contributed by atoms with Crippen molar-refractivity contribution in [1.29, 1.82) is 0 Å². The summed E-state index contributed by atoms with van der Waals surface area (Å²) in [6.45, 7) is 4.18. The van der Waals surface area contributed by atoms with E-state index in [2.05, 4.69) is 20.8 Å². The van der Waals surface area contributed by atoms with Gasteiger partial charge in [0.2, 0.25) is 0 Å². The highest BCUT2D eigenvalue weighted by atomic mass is 127. The molecule has 1 fully saturated rings. The minimum Gasteiger partial charge on any atom is -0.357 e. The molecule has 2 aromatic heterocycles.